The van der Waals surface area contributed by atoms with Gasteiger partial charge < -0.3 is 5.32 Å². The summed E-state index contributed by atoms with van der Waals surface area (Å²) >= 11 is 4.39. The molecule has 36 heavy (non-hydrogen) atoms. The van der Waals surface area contributed by atoms with Crippen molar-refractivity contribution in [3.05, 3.63) is 67.1 Å². The number of rotatable bonds is 5. The maximum Gasteiger partial charge on any atom is 0.267 e. The Morgan fingerprint density at radius 2 is 2.03 bits per heavy atom. The molecule has 0 saturated heterocycles. The molecular weight excluding hydrogens is 509 g/mol. The van der Waals surface area contributed by atoms with Gasteiger partial charge in [-0.3, -0.25) is 14.2 Å². The van der Waals surface area contributed by atoms with E-state index in [9.17, 15) is 14.9 Å². The second-order valence-corrected chi connectivity index (χ2v) is 12.5. The van der Waals surface area contributed by atoms with E-state index in [-0.39, 0.29) is 17.2 Å². The fourth-order valence-corrected chi connectivity index (χ4v) is 8.67. The van der Waals surface area contributed by atoms with E-state index in [2.05, 4.69) is 18.3 Å². The van der Waals surface area contributed by atoms with Gasteiger partial charge in [0.25, 0.3) is 5.56 Å². The van der Waals surface area contributed by atoms with E-state index in [0.717, 1.165) is 65.6 Å². The van der Waals surface area contributed by atoms with Gasteiger partial charge in [0.15, 0.2) is 5.16 Å². The Morgan fingerprint density at radius 3 is 2.83 bits per heavy atom. The molecule has 3 aromatic heterocycles. The van der Waals surface area contributed by atoms with Crippen molar-refractivity contribution in [1.82, 2.24) is 9.55 Å². The monoisotopic (exact) mass is 532 g/mol. The zero-order valence-corrected chi connectivity index (χ0v) is 22.2. The van der Waals surface area contributed by atoms with Crippen LogP contribution in [-0.4, -0.2) is 21.2 Å². The lowest BCUT2D eigenvalue weighted by Crippen LogP contribution is -2.23. The first kappa shape index (κ1) is 23.5. The van der Waals surface area contributed by atoms with E-state index in [0.29, 0.717) is 21.6 Å². The van der Waals surface area contributed by atoms with Crippen molar-refractivity contribution in [1.29, 1.82) is 5.26 Å². The van der Waals surface area contributed by atoms with Crippen LogP contribution < -0.4 is 10.9 Å². The van der Waals surface area contributed by atoms with Crippen LogP contribution in [0.1, 0.15) is 46.2 Å². The summed E-state index contributed by atoms with van der Waals surface area (Å²) in [5.41, 5.74) is 3.52. The molecule has 182 valence electrons. The van der Waals surface area contributed by atoms with Crippen LogP contribution in [0.25, 0.3) is 15.9 Å². The molecule has 6 rings (SSSR count). The maximum absolute atomic E-state index is 13.8. The van der Waals surface area contributed by atoms with Gasteiger partial charge >= 0.3 is 0 Å². The molecular formula is C27H24N4O2S3. The van der Waals surface area contributed by atoms with Crippen LogP contribution in [0.4, 0.5) is 5.00 Å². The van der Waals surface area contributed by atoms with E-state index in [1.807, 2.05) is 30.3 Å². The number of carbonyl (C=O) groups is 1. The smallest absolute Gasteiger partial charge is 0.267 e. The van der Waals surface area contributed by atoms with Crippen LogP contribution in [0.5, 0.6) is 0 Å². The highest BCUT2D eigenvalue weighted by Gasteiger charge is 2.26. The topological polar surface area (TPSA) is 87.8 Å². The van der Waals surface area contributed by atoms with Gasteiger partial charge in [-0.1, -0.05) is 36.9 Å². The van der Waals surface area contributed by atoms with Gasteiger partial charge in [-0.15, -0.1) is 22.7 Å². The number of benzene rings is 1. The summed E-state index contributed by atoms with van der Waals surface area (Å²) in [5.74, 6) is 0.501. The first-order chi connectivity index (χ1) is 17.5. The molecule has 0 spiro atoms. The molecule has 0 bridgehead atoms. The lowest BCUT2D eigenvalue weighted by molar-refractivity contribution is -0.113. The Bertz CT molecular complexity index is 1590. The zero-order valence-electron chi connectivity index (χ0n) is 19.8. The number of nitrogens with one attached hydrogen (secondary N) is 1. The summed E-state index contributed by atoms with van der Waals surface area (Å²) in [4.78, 5) is 34.9. The van der Waals surface area contributed by atoms with Crippen LogP contribution in [0, 0.1) is 17.2 Å². The van der Waals surface area contributed by atoms with Crippen molar-refractivity contribution in [2.45, 2.75) is 50.6 Å². The number of hydrogen-bond acceptors (Lipinski definition) is 7. The van der Waals surface area contributed by atoms with Crippen LogP contribution in [0.15, 0.2) is 40.3 Å². The van der Waals surface area contributed by atoms with Crippen LogP contribution in [0.3, 0.4) is 0 Å². The third kappa shape index (κ3) is 4.07. The number of aromatic nitrogens is 2. The number of carbonyl (C=O) groups excluding carboxylic acids is 1. The normalized spacial score (nSPS) is 16.5. The zero-order chi connectivity index (χ0) is 24.8. The van der Waals surface area contributed by atoms with E-state index in [4.69, 9.17) is 4.98 Å². The third-order valence-corrected chi connectivity index (χ3v) is 10.2. The Kier molecular flexibility index (Phi) is 6.20. The first-order valence-electron chi connectivity index (χ1n) is 12.1. The minimum absolute atomic E-state index is 0.0670. The number of nitriles is 1. The molecule has 0 fully saturated rings. The number of hydrogen-bond donors (Lipinski definition) is 1. The van der Waals surface area contributed by atoms with E-state index < -0.39 is 0 Å². The predicted octanol–water partition coefficient (Wildman–Crippen LogP) is 5.72. The van der Waals surface area contributed by atoms with Crippen molar-refractivity contribution in [3.8, 4) is 11.8 Å². The van der Waals surface area contributed by atoms with Gasteiger partial charge in [0.1, 0.15) is 15.9 Å². The minimum atomic E-state index is -0.204. The second-order valence-electron chi connectivity index (χ2n) is 9.41. The van der Waals surface area contributed by atoms with Crippen molar-refractivity contribution in [2.75, 3.05) is 11.1 Å². The lowest BCUT2D eigenvalue weighted by atomic mass is 9.89. The Balaban J connectivity index is 1.34. The van der Waals surface area contributed by atoms with Crippen LogP contribution in [0.2, 0.25) is 0 Å². The summed E-state index contributed by atoms with van der Waals surface area (Å²) in [5, 5.41) is 14.4. The highest BCUT2D eigenvalue weighted by molar-refractivity contribution is 7.99. The molecule has 9 heteroatoms. The molecule has 0 aliphatic heterocycles. The van der Waals surface area contributed by atoms with E-state index >= 15 is 0 Å². The lowest BCUT2D eigenvalue weighted by Gasteiger charge is -2.17. The van der Waals surface area contributed by atoms with Crippen molar-refractivity contribution in [2.24, 2.45) is 5.92 Å². The van der Waals surface area contributed by atoms with Crippen molar-refractivity contribution in [3.63, 3.8) is 0 Å². The molecule has 1 N–H and O–H groups in total. The first-order valence-corrected chi connectivity index (χ1v) is 14.8. The van der Waals surface area contributed by atoms with Gasteiger partial charge in [0, 0.05) is 9.75 Å². The Labute approximate surface area is 221 Å². The number of fused-ring (bicyclic) bond motifs is 4. The SMILES string of the molecule is CC1CCc2c(sc3nc(SCC(=O)Nc4sc5c(c4C#N)CCC5)n(-c4ccccc4)c(=O)c23)C1. The molecule has 1 aromatic carbocycles. The molecule has 1 amide bonds. The van der Waals surface area contributed by atoms with E-state index in [1.165, 1.54) is 32.9 Å². The second kappa shape index (κ2) is 9.51. The van der Waals surface area contributed by atoms with E-state index in [1.54, 1.807) is 15.9 Å². The predicted molar refractivity (Wildman–Crippen MR) is 147 cm³/mol. The molecule has 2 aliphatic rings. The van der Waals surface area contributed by atoms with Gasteiger partial charge in [0.05, 0.1) is 22.4 Å². The third-order valence-electron chi connectivity index (χ3n) is 6.93. The van der Waals surface area contributed by atoms with Gasteiger partial charge in [-0.25, -0.2) is 4.98 Å². The molecule has 2 aliphatic carbocycles. The summed E-state index contributed by atoms with van der Waals surface area (Å²) in [6.07, 6.45) is 5.90. The van der Waals surface area contributed by atoms with Gasteiger partial charge in [-0.05, 0) is 67.7 Å². The number of amides is 1. The number of nitrogens with zero attached hydrogens (tertiary/aromatic N) is 3. The average Bonchev–Trinajstić information content (AvgIpc) is 3.55. The molecule has 3 heterocycles. The summed E-state index contributed by atoms with van der Waals surface area (Å²) in [6, 6.07) is 11.8. The number of thiophene rings is 2. The molecule has 1 atom stereocenters. The van der Waals surface area contributed by atoms with Crippen LogP contribution >= 0.6 is 34.4 Å². The maximum atomic E-state index is 13.8. The number of para-hydroxylation sites is 1. The van der Waals surface area contributed by atoms with Gasteiger partial charge in [0.2, 0.25) is 5.91 Å². The molecule has 4 aromatic rings. The molecule has 6 nitrogen and oxygen atoms in total. The highest BCUT2D eigenvalue weighted by atomic mass is 32.2. The van der Waals surface area contributed by atoms with Crippen molar-refractivity contribution < 1.29 is 4.79 Å². The fraction of sp³-hybridized carbons (Fsp3) is 0.333. The molecule has 0 saturated carbocycles. The van der Waals surface area contributed by atoms with Crippen LogP contribution in [-0.2, 0) is 30.5 Å². The Hall–Kier alpha value is -2.93. The highest BCUT2D eigenvalue weighted by Crippen LogP contribution is 2.39. The number of thioether (sulfide) groups is 1. The quantitative estimate of drug-likeness (QED) is 0.262. The van der Waals surface area contributed by atoms with Gasteiger partial charge in [-0.2, -0.15) is 5.26 Å². The van der Waals surface area contributed by atoms with Crippen molar-refractivity contribution >= 4 is 55.6 Å². The summed E-state index contributed by atoms with van der Waals surface area (Å²) < 4.78 is 1.64. The summed E-state index contributed by atoms with van der Waals surface area (Å²) in [6.45, 7) is 2.25. The fourth-order valence-electron chi connectivity index (χ4n) is 5.18. The average molecular weight is 533 g/mol. The standard InChI is InChI=1S/C27H24N4O2S3/c1-15-10-11-18-21(12-15)36-25-23(18)26(33)31(16-6-3-2-4-7-16)27(30-25)34-14-22(32)29-24-19(13-28)17-8-5-9-20(17)35-24/h2-4,6-7,15H,5,8-12,14H2,1H3,(H,29,32). The Morgan fingerprint density at radius 1 is 1.19 bits per heavy atom. The molecule has 1 unspecified atom stereocenters. The molecule has 0 radical (unpaired) electrons. The number of anilines is 1. The summed E-state index contributed by atoms with van der Waals surface area (Å²) in [7, 11) is 0. The minimum Gasteiger partial charge on any atom is -0.316 e. The largest absolute Gasteiger partial charge is 0.316 e. The number of aryl methyl sites for hydroxylation is 2.